The lowest BCUT2D eigenvalue weighted by atomic mass is 10.1. The SMILES string of the molecule is N#Cc1c(O)ccc(S(=O)(=O)Cl)c1CN. The average Bonchev–Trinajstić information content (AvgIpc) is 2.15. The number of aromatic hydroxyl groups is 1. The number of phenols is 1. The van der Waals surface area contributed by atoms with Crippen molar-refractivity contribution in [3.63, 3.8) is 0 Å². The van der Waals surface area contributed by atoms with Crippen molar-refractivity contribution in [3.8, 4) is 11.8 Å². The van der Waals surface area contributed by atoms with Gasteiger partial charge in [0.05, 0.1) is 10.5 Å². The highest BCUT2D eigenvalue weighted by molar-refractivity contribution is 8.13. The molecule has 1 aromatic carbocycles. The molecule has 0 aliphatic heterocycles. The van der Waals surface area contributed by atoms with E-state index in [0.29, 0.717) is 0 Å². The predicted molar refractivity (Wildman–Crippen MR) is 53.8 cm³/mol. The molecule has 0 unspecified atom stereocenters. The number of nitrogens with zero attached hydrogens (tertiary/aromatic N) is 1. The number of rotatable bonds is 2. The van der Waals surface area contributed by atoms with E-state index in [2.05, 4.69) is 0 Å². The van der Waals surface area contributed by atoms with E-state index < -0.39 is 9.05 Å². The Labute approximate surface area is 91.1 Å². The van der Waals surface area contributed by atoms with Crippen LogP contribution in [0.15, 0.2) is 17.0 Å². The molecule has 0 amide bonds. The quantitative estimate of drug-likeness (QED) is 0.746. The van der Waals surface area contributed by atoms with E-state index in [4.69, 9.17) is 21.7 Å². The van der Waals surface area contributed by atoms with Gasteiger partial charge in [0.25, 0.3) is 9.05 Å². The summed E-state index contributed by atoms with van der Waals surface area (Å²) < 4.78 is 22.2. The molecule has 0 aliphatic rings. The minimum absolute atomic E-state index is 0.0208. The minimum Gasteiger partial charge on any atom is -0.507 e. The van der Waals surface area contributed by atoms with Crippen LogP contribution in [0.1, 0.15) is 11.1 Å². The summed E-state index contributed by atoms with van der Waals surface area (Å²) in [6, 6.07) is 3.88. The van der Waals surface area contributed by atoms with E-state index >= 15 is 0 Å². The van der Waals surface area contributed by atoms with Crippen LogP contribution in [0.2, 0.25) is 0 Å². The molecule has 1 rings (SSSR count). The Morgan fingerprint density at radius 2 is 2.13 bits per heavy atom. The highest BCUT2D eigenvalue weighted by Gasteiger charge is 2.19. The molecule has 1 aromatic rings. The summed E-state index contributed by atoms with van der Waals surface area (Å²) in [5.41, 5.74) is 5.16. The number of benzene rings is 1. The molecule has 0 aliphatic carbocycles. The normalized spacial score (nSPS) is 11.0. The predicted octanol–water partition coefficient (Wildman–Crippen LogP) is 0.650. The van der Waals surface area contributed by atoms with Crippen molar-refractivity contribution in [1.82, 2.24) is 0 Å². The lowest BCUT2D eigenvalue weighted by Gasteiger charge is -2.07. The van der Waals surface area contributed by atoms with E-state index in [1.54, 1.807) is 6.07 Å². The van der Waals surface area contributed by atoms with Gasteiger partial charge in [0.15, 0.2) is 0 Å². The van der Waals surface area contributed by atoms with Gasteiger partial charge in [-0.1, -0.05) is 0 Å². The molecule has 0 spiro atoms. The molecule has 0 fully saturated rings. The third-order valence-corrected chi connectivity index (χ3v) is 3.23. The van der Waals surface area contributed by atoms with Crippen LogP contribution >= 0.6 is 10.7 Å². The van der Waals surface area contributed by atoms with Crippen LogP contribution < -0.4 is 5.73 Å². The summed E-state index contributed by atoms with van der Waals surface area (Å²) in [7, 11) is 1.18. The van der Waals surface area contributed by atoms with Gasteiger partial charge < -0.3 is 10.8 Å². The van der Waals surface area contributed by atoms with Gasteiger partial charge in [-0.25, -0.2) is 8.42 Å². The van der Waals surface area contributed by atoms with Gasteiger partial charge in [0.1, 0.15) is 11.8 Å². The fraction of sp³-hybridized carbons (Fsp3) is 0.125. The maximum atomic E-state index is 11.1. The largest absolute Gasteiger partial charge is 0.507 e. The second-order valence-corrected chi connectivity index (χ2v) is 5.22. The monoisotopic (exact) mass is 246 g/mol. The molecule has 15 heavy (non-hydrogen) atoms. The Kier molecular flexibility index (Phi) is 3.19. The number of hydrogen-bond donors (Lipinski definition) is 2. The summed E-state index contributed by atoms with van der Waals surface area (Å²) in [5.74, 6) is -0.318. The lowest BCUT2D eigenvalue weighted by molar-refractivity contribution is 0.472. The molecule has 5 nitrogen and oxygen atoms in total. The Hall–Kier alpha value is -1.29. The molecule has 0 heterocycles. The number of halogens is 1. The van der Waals surface area contributed by atoms with E-state index in [0.717, 1.165) is 12.1 Å². The van der Waals surface area contributed by atoms with Crippen molar-refractivity contribution in [1.29, 1.82) is 5.26 Å². The third kappa shape index (κ3) is 2.21. The van der Waals surface area contributed by atoms with Crippen LogP contribution in [0.4, 0.5) is 0 Å². The zero-order chi connectivity index (χ0) is 11.6. The van der Waals surface area contributed by atoms with Gasteiger partial charge in [0.2, 0.25) is 0 Å². The van der Waals surface area contributed by atoms with E-state index in [1.807, 2.05) is 0 Å². The van der Waals surface area contributed by atoms with E-state index in [9.17, 15) is 13.5 Å². The summed E-state index contributed by atoms with van der Waals surface area (Å²) in [4.78, 5) is -0.249. The average molecular weight is 247 g/mol. The second kappa shape index (κ2) is 4.06. The van der Waals surface area contributed by atoms with Crippen molar-refractivity contribution in [3.05, 3.63) is 23.3 Å². The van der Waals surface area contributed by atoms with E-state index in [-0.39, 0.29) is 28.3 Å². The van der Waals surface area contributed by atoms with Crippen LogP contribution in [0.3, 0.4) is 0 Å². The first-order valence-electron chi connectivity index (χ1n) is 3.81. The lowest BCUT2D eigenvalue weighted by Crippen LogP contribution is -2.06. The second-order valence-electron chi connectivity index (χ2n) is 2.69. The van der Waals surface area contributed by atoms with Crippen molar-refractivity contribution >= 4 is 19.7 Å². The zero-order valence-electron chi connectivity index (χ0n) is 7.44. The van der Waals surface area contributed by atoms with Crippen LogP contribution in [0, 0.1) is 11.3 Å². The van der Waals surface area contributed by atoms with Crippen molar-refractivity contribution < 1.29 is 13.5 Å². The smallest absolute Gasteiger partial charge is 0.261 e. The fourth-order valence-corrected chi connectivity index (χ4v) is 2.32. The van der Waals surface area contributed by atoms with Gasteiger partial charge in [-0.3, -0.25) is 0 Å². The molecular formula is C8H7ClN2O3S. The Bertz CT molecular complexity index is 534. The van der Waals surface area contributed by atoms with Gasteiger partial charge in [0, 0.05) is 22.8 Å². The molecule has 0 bridgehead atoms. The molecule has 0 atom stereocenters. The van der Waals surface area contributed by atoms with Gasteiger partial charge in [-0.2, -0.15) is 5.26 Å². The zero-order valence-corrected chi connectivity index (χ0v) is 9.01. The number of phenolic OH excluding ortho intramolecular Hbond substituents is 1. The first-order valence-corrected chi connectivity index (χ1v) is 6.12. The number of hydrogen-bond acceptors (Lipinski definition) is 5. The van der Waals surface area contributed by atoms with Crippen LogP contribution in [-0.4, -0.2) is 13.5 Å². The minimum atomic E-state index is -3.96. The van der Waals surface area contributed by atoms with Crippen molar-refractivity contribution in [2.75, 3.05) is 0 Å². The van der Waals surface area contributed by atoms with E-state index in [1.165, 1.54) is 0 Å². The molecule has 0 aromatic heterocycles. The van der Waals surface area contributed by atoms with Gasteiger partial charge in [-0.15, -0.1) is 0 Å². The summed E-state index contributed by atoms with van der Waals surface area (Å²) in [5, 5.41) is 18.0. The molecule has 0 radical (unpaired) electrons. The summed E-state index contributed by atoms with van der Waals surface area (Å²) in [6.07, 6.45) is 0. The Balaban J connectivity index is 3.66. The number of nitrogens with two attached hydrogens (primary N) is 1. The van der Waals surface area contributed by atoms with Gasteiger partial charge >= 0.3 is 0 Å². The molecule has 80 valence electrons. The van der Waals surface area contributed by atoms with Crippen molar-refractivity contribution in [2.24, 2.45) is 5.73 Å². The molecule has 0 saturated carbocycles. The maximum absolute atomic E-state index is 11.1. The fourth-order valence-electron chi connectivity index (χ4n) is 1.17. The van der Waals surface area contributed by atoms with Crippen molar-refractivity contribution in [2.45, 2.75) is 11.4 Å². The van der Waals surface area contributed by atoms with Gasteiger partial charge in [-0.05, 0) is 12.1 Å². The molecule has 0 saturated heterocycles. The first-order chi connectivity index (χ1) is 6.91. The summed E-state index contributed by atoms with van der Waals surface area (Å²) in [6.45, 7) is -0.196. The maximum Gasteiger partial charge on any atom is 0.261 e. The van der Waals surface area contributed by atoms with Crippen LogP contribution in [-0.2, 0) is 15.6 Å². The van der Waals surface area contributed by atoms with Crippen LogP contribution in [0.5, 0.6) is 5.75 Å². The third-order valence-electron chi connectivity index (χ3n) is 1.83. The first kappa shape index (κ1) is 11.8. The molecule has 7 heteroatoms. The number of nitriles is 1. The Morgan fingerprint density at radius 1 is 1.53 bits per heavy atom. The highest BCUT2D eigenvalue weighted by Crippen LogP contribution is 2.28. The summed E-state index contributed by atoms with van der Waals surface area (Å²) >= 11 is 0. The highest BCUT2D eigenvalue weighted by atomic mass is 35.7. The standard InChI is InChI=1S/C8H7ClN2O3S/c9-15(13,14)8-2-1-7(12)5(3-10)6(8)4-11/h1-2,12H,4,11H2. The molecular weight excluding hydrogens is 240 g/mol. The Morgan fingerprint density at radius 3 is 2.53 bits per heavy atom. The molecule has 3 N–H and O–H groups in total. The topological polar surface area (TPSA) is 104 Å². The van der Waals surface area contributed by atoms with Crippen LogP contribution in [0.25, 0.3) is 0 Å².